The van der Waals surface area contributed by atoms with Crippen LogP contribution in [-0.4, -0.2) is 15.0 Å². The molecule has 10 aromatic rings. The summed E-state index contributed by atoms with van der Waals surface area (Å²) in [5.74, 6) is 0.652. The average Bonchev–Trinajstić information content (AvgIpc) is 3.27. The number of aromatic nitrogens is 3. The standard InChI is InChI=1S/C51H34N4/c1-6-19-35(20-7-1)44-34-45(36-21-8-2-9-22-36)54-51(53-44)42-31-18-32-43-47(42)48-41-30-17-16-25-38(41)33-46(49(48)50(52-43)37-23-10-3-11-24-37)55(39-26-12-4-13-27-39)40-28-14-5-15-29-40/h1-34H. The lowest BCUT2D eigenvalue weighted by molar-refractivity contribution is 1.19. The first-order valence-electron chi connectivity index (χ1n) is 18.5. The van der Waals surface area contributed by atoms with E-state index in [1.807, 2.05) is 12.1 Å². The van der Waals surface area contributed by atoms with Crippen molar-refractivity contribution in [2.75, 3.05) is 4.90 Å². The van der Waals surface area contributed by atoms with Gasteiger partial charge in [0.15, 0.2) is 5.82 Å². The predicted octanol–water partition coefficient (Wildman–Crippen LogP) is 13.5. The van der Waals surface area contributed by atoms with Crippen molar-refractivity contribution < 1.29 is 0 Å². The second-order valence-corrected chi connectivity index (χ2v) is 13.6. The second kappa shape index (κ2) is 13.8. The summed E-state index contributed by atoms with van der Waals surface area (Å²) in [5, 5.41) is 5.45. The summed E-state index contributed by atoms with van der Waals surface area (Å²) < 4.78 is 0. The largest absolute Gasteiger partial charge is 0.310 e. The number of hydrogen-bond donors (Lipinski definition) is 0. The molecule has 0 saturated heterocycles. The van der Waals surface area contributed by atoms with Crippen LogP contribution in [-0.2, 0) is 0 Å². The van der Waals surface area contributed by atoms with Crippen molar-refractivity contribution >= 4 is 49.5 Å². The molecule has 4 heteroatoms. The van der Waals surface area contributed by atoms with E-state index in [0.29, 0.717) is 5.82 Å². The summed E-state index contributed by atoms with van der Waals surface area (Å²) in [6.45, 7) is 0. The van der Waals surface area contributed by atoms with Crippen LogP contribution >= 0.6 is 0 Å². The first-order valence-corrected chi connectivity index (χ1v) is 18.5. The zero-order valence-corrected chi connectivity index (χ0v) is 29.9. The van der Waals surface area contributed by atoms with Crippen LogP contribution in [0.3, 0.4) is 0 Å². The van der Waals surface area contributed by atoms with E-state index in [0.717, 1.165) is 88.8 Å². The maximum Gasteiger partial charge on any atom is 0.161 e. The highest BCUT2D eigenvalue weighted by Gasteiger charge is 2.24. The summed E-state index contributed by atoms with van der Waals surface area (Å²) in [6, 6.07) is 71.9. The van der Waals surface area contributed by atoms with E-state index in [-0.39, 0.29) is 0 Å². The molecule has 2 aromatic heterocycles. The number of pyridine rings is 1. The van der Waals surface area contributed by atoms with Crippen LogP contribution in [0.4, 0.5) is 17.1 Å². The molecule has 258 valence electrons. The van der Waals surface area contributed by atoms with E-state index < -0.39 is 0 Å². The zero-order chi connectivity index (χ0) is 36.6. The predicted molar refractivity (Wildman–Crippen MR) is 229 cm³/mol. The highest BCUT2D eigenvalue weighted by atomic mass is 15.1. The Hall–Kier alpha value is -7.43. The molecule has 2 heterocycles. The molecule has 0 amide bonds. The first-order chi connectivity index (χ1) is 27.3. The van der Waals surface area contributed by atoms with Crippen LogP contribution in [0.15, 0.2) is 206 Å². The van der Waals surface area contributed by atoms with Gasteiger partial charge in [0.1, 0.15) is 0 Å². The third-order valence-electron chi connectivity index (χ3n) is 10.2. The van der Waals surface area contributed by atoms with Gasteiger partial charge < -0.3 is 4.90 Å². The van der Waals surface area contributed by atoms with Crippen molar-refractivity contribution in [3.8, 4) is 45.2 Å². The van der Waals surface area contributed by atoms with Gasteiger partial charge in [0.2, 0.25) is 0 Å². The summed E-state index contributed by atoms with van der Waals surface area (Å²) in [6.07, 6.45) is 0. The average molecular weight is 703 g/mol. The molecule has 0 atom stereocenters. The topological polar surface area (TPSA) is 41.9 Å². The fraction of sp³-hybridized carbons (Fsp3) is 0. The lowest BCUT2D eigenvalue weighted by Crippen LogP contribution is -2.11. The molecule has 55 heavy (non-hydrogen) atoms. The van der Waals surface area contributed by atoms with Crippen molar-refractivity contribution in [1.82, 2.24) is 15.0 Å². The number of anilines is 3. The normalized spacial score (nSPS) is 11.3. The number of hydrogen-bond acceptors (Lipinski definition) is 4. The van der Waals surface area contributed by atoms with Crippen LogP contribution in [0.1, 0.15) is 0 Å². The molecule has 0 aliphatic heterocycles. The fourth-order valence-corrected chi connectivity index (χ4v) is 7.73. The monoisotopic (exact) mass is 702 g/mol. The lowest BCUT2D eigenvalue weighted by atomic mass is 9.91. The van der Waals surface area contributed by atoms with Crippen LogP contribution in [0, 0.1) is 0 Å². The van der Waals surface area contributed by atoms with Crippen LogP contribution < -0.4 is 4.90 Å². The smallest absolute Gasteiger partial charge is 0.161 e. The van der Waals surface area contributed by atoms with Gasteiger partial charge in [0.05, 0.1) is 28.3 Å². The van der Waals surface area contributed by atoms with Gasteiger partial charge in [-0.2, -0.15) is 0 Å². The number of para-hydroxylation sites is 2. The van der Waals surface area contributed by atoms with Gasteiger partial charge in [-0.15, -0.1) is 0 Å². The summed E-state index contributed by atoms with van der Waals surface area (Å²) in [4.78, 5) is 18.6. The van der Waals surface area contributed by atoms with Crippen LogP contribution in [0.25, 0.3) is 77.6 Å². The molecule has 0 N–H and O–H groups in total. The van der Waals surface area contributed by atoms with Gasteiger partial charge >= 0.3 is 0 Å². The Balaban J connectivity index is 1.38. The van der Waals surface area contributed by atoms with Gasteiger partial charge in [-0.1, -0.05) is 164 Å². The Labute approximate surface area is 319 Å². The van der Waals surface area contributed by atoms with Crippen molar-refractivity contribution in [3.05, 3.63) is 206 Å². The maximum atomic E-state index is 5.58. The number of benzene rings is 8. The van der Waals surface area contributed by atoms with E-state index in [2.05, 4.69) is 199 Å². The molecule has 4 nitrogen and oxygen atoms in total. The SMILES string of the molecule is c1ccc(-c2cc(-c3ccccc3)nc(-c3cccc4nc(-c5ccccc5)c5c(N(c6ccccc6)c6ccccc6)cc6ccccc6c5c34)n2)cc1. The van der Waals surface area contributed by atoms with Crippen LogP contribution in [0.5, 0.6) is 0 Å². The van der Waals surface area contributed by atoms with E-state index in [1.165, 1.54) is 0 Å². The van der Waals surface area contributed by atoms with Crippen molar-refractivity contribution in [3.63, 3.8) is 0 Å². The molecule has 0 aliphatic rings. The number of rotatable bonds is 7. The van der Waals surface area contributed by atoms with Crippen molar-refractivity contribution in [1.29, 1.82) is 0 Å². The summed E-state index contributed by atoms with van der Waals surface area (Å²) in [5.41, 5.74) is 10.7. The molecule has 8 aromatic carbocycles. The third kappa shape index (κ3) is 5.87. The molecular formula is C51H34N4. The molecular weight excluding hydrogens is 669 g/mol. The second-order valence-electron chi connectivity index (χ2n) is 13.6. The van der Waals surface area contributed by atoms with E-state index >= 15 is 0 Å². The van der Waals surface area contributed by atoms with Gasteiger partial charge in [-0.25, -0.2) is 15.0 Å². The Morgan fingerprint density at radius 3 is 1.45 bits per heavy atom. The van der Waals surface area contributed by atoms with E-state index in [9.17, 15) is 0 Å². The molecule has 0 spiro atoms. The zero-order valence-electron chi connectivity index (χ0n) is 29.9. The summed E-state index contributed by atoms with van der Waals surface area (Å²) in [7, 11) is 0. The molecule has 0 radical (unpaired) electrons. The van der Waals surface area contributed by atoms with Crippen molar-refractivity contribution in [2.24, 2.45) is 0 Å². The summed E-state index contributed by atoms with van der Waals surface area (Å²) >= 11 is 0. The minimum atomic E-state index is 0.652. The highest BCUT2D eigenvalue weighted by Crippen LogP contribution is 2.48. The molecule has 0 unspecified atom stereocenters. The number of fused-ring (bicyclic) bond motifs is 5. The Morgan fingerprint density at radius 2 is 0.873 bits per heavy atom. The lowest BCUT2D eigenvalue weighted by Gasteiger charge is -2.29. The Morgan fingerprint density at radius 1 is 0.364 bits per heavy atom. The third-order valence-corrected chi connectivity index (χ3v) is 10.2. The minimum Gasteiger partial charge on any atom is -0.310 e. The van der Waals surface area contributed by atoms with Gasteiger partial charge in [0.25, 0.3) is 0 Å². The molecule has 0 fully saturated rings. The molecule has 0 bridgehead atoms. The first kappa shape index (κ1) is 32.2. The fourth-order valence-electron chi connectivity index (χ4n) is 7.73. The molecule has 10 rings (SSSR count). The Kier molecular flexibility index (Phi) is 8.12. The van der Waals surface area contributed by atoms with E-state index in [4.69, 9.17) is 15.0 Å². The van der Waals surface area contributed by atoms with E-state index in [1.54, 1.807) is 0 Å². The van der Waals surface area contributed by atoms with Crippen LogP contribution in [0.2, 0.25) is 0 Å². The molecule has 0 aliphatic carbocycles. The maximum absolute atomic E-state index is 5.58. The Bertz CT molecular complexity index is 2850. The van der Waals surface area contributed by atoms with Crippen molar-refractivity contribution in [2.45, 2.75) is 0 Å². The van der Waals surface area contributed by atoms with Gasteiger partial charge in [0, 0.05) is 49.8 Å². The van der Waals surface area contributed by atoms with Gasteiger partial charge in [-0.05, 0) is 53.2 Å². The number of nitrogens with zero attached hydrogens (tertiary/aromatic N) is 4. The minimum absolute atomic E-state index is 0.652. The van der Waals surface area contributed by atoms with Gasteiger partial charge in [-0.3, -0.25) is 0 Å². The molecule has 0 saturated carbocycles. The quantitative estimate of drug-likeness (QED) is 0.155. The highest BCUT2D eigenvalue weighted by molar-refractivity contribution is 6.29.